The van der Waals surface area contributed by atoms with Crippen LogP contribution >= 0.6 is 0 Å². The molecule has 0 bridgehead atoms. The summed E-state index contributed by atoms with van der Waals surface area (Å²) in [7, 11) is 0. The van der Waals surface area contributed by atoms with Crippen molar-refractivity contribution in [1.82, 2.24) is 5.32 Å². The zero-order valence-corrected chi connectivity index (χ0v) is 12.4. The van der Waals surface area contributed by atoms with Gasteiger partial charge in [0, 0.05) is 19.1 Å². The number of nitrogens with one attached hydrogen (secondary N) is 1. The Balaban J connectivity index is 3.25. The first-order valence-corrected chi connectivity index (χ1v) is 7.04. The zero-order chi connectivity index (χ0) is 13.8. The predicted octanol–water partition coefficient (Wildman–Crippen LogP) is 3.16. The summed E-state index contributed by atoms with van der Waals surface area (Å²) >= 11 is 0. The molecular weight excluding hydrogens is 226 g/mol. The summed E-state index contributed by atoms with van der Waals surface area (Å²) in [5.41, 5.74) is 0. The van der Waals surface area contributed by atoms with Gasteiger partial charge < -0.3 is 10.1 Å². The molecule has 18 heavy (non-hydrogen) atoms. The molecule has 0 saturated heterocycles. The summed E-state index contributed by atoms with van der Waals surface area (Å²) < 4.78 is 5.44. The molecule has 0 heterocycles. The number of amides is 1. The number of unbranched alkanes of at least 4 members (excludes halogenated alkanes) is 2. The van der Waals surface area contributed by atoms with E-state index in [0.29, 0.717) is 12.5 Å². The Labute approximate surface area is 112 Å². The van der Waals surface area contributed by atoms with Gasteiger partial charge in [-0.3, -0.25) is 4.79 Å². The molecular formula is C15H29NO2. The van der Waals surface area contributed by atoms with Crippen LogP contribution in [0.4, 0.5) is 0 Å². The van der Waals surface area contributed by atoms with E-state index in [1.165, 1.54) is 0 Å². The second-order valence-electron chi connectivity index (χ2n) is 5.34. The van der Waals surface area contributed by atoms with Crippen molar-refractivity contribution >= 4 is 5.91 Å². The second-order valence-corrected chi connectivity index (χ2v) is 5.34. The lowest BCUT2D eigenvalue weighted by Gasteiger charge is -2.06. The smallest absolute Gasteiger partial charge is 0.222 e. The van der Waals surface area contributed by atoms with Crippen LogP contribution in [0.25, 0.3) is 0 Å². The number of hydrogen-bond acceptors (Lipinski definition) is 2. The summed E-state index contributed by atoms with van der Waals surface area (Å²) in [5, 5.41) is 2.92. The normalized spacial score (nSPS) is 11.7. The molecule has 0 atom stereocenters. The van der Waals surface area contributed by atoms with E-state index in [1.807, 2.05) is 13.8 Å². The van der Waals surface area contributed by atoms with Gasteiger partial charge in [-0.05, 0) is 25.2 Å². The van der Waals surface area contributed by atoms with E-state index in [9.17, 15) is 4.79 Å². The highest BCUT2D eigenvalue weighted by Crippen LogP contribution is 1.98. The maximum Gasteiger partial charge on any atom is 0.222 e. The van der Waals surface area contributed by atoms with E-state index < -0.39 is 0 Å². The van der Waals surface area contributed by atoms with Crippen LogP contribution < -0.4 is 5.32 Å². The van der Waals surface area contributed by atoms with Crippen molar-refractivity contribution in [3.05, 3.63) is 12.2 Å². The molecule has 1 amide bonds. The highest BCUT2D eigenvalue weighted by Gasteiger charge is 2.04. The highest BCUT2D eigenvalue weighted by atomic mass is 16.5. The van der Waals surface area contributed by atoms with E-state index in [-0.39, 0.29) is 11.8 Å². The minimum Gasteiger partial charge on any atom is -0.377 e. The third kappa shape index (κ3) is 11.6. The molecule has 0 aliphatic heterocycles. The van der Waals surface area contributed by atoms with Crippen LogP contribution in [-0.2, 0) is 9.53 Å². The quantitative estimate of drug-likeness (QED) is 0.481. The van der Waals surface area contributed by atoms with E-state index in [2.05, 4.69) is 31.3 Å². The monoisotopic (exact) mass is 255 g/mol. The van der Waals surface area contributed by atoms with Gasteiger partial charge in [0.15, 0.2) is 0 Å². The Morgan fingerprint density at radius 3 is 2.50 bits per heavy atom. The van der Waals surface area contributed by atoms with Gasteiger partial charge in [0.25, 0.3) is 0 Å². The maximum absolute atomic E-state index is 11.3. The van der Waals surface area contributed by atoms with Crippen molar-refractivity contribution in [3.63, 3.8) is 0 Å². The molecule has 0 spiro atoms. The Morgan fingerprint density at radius 2 is 1.89 bits per heavy atom. The van der Waals surface area contributed by atoms with E-state index in [0.717, 1.165) is 32.4 Å². The fraction of sp³-hybridized carbons (Fsp3) is 0.800. The molecule has 3 heteroatoms. The molecule has 0 rings (SSSR count). The molecule has 0 aromatic heterocycles. The Kier molecular flexibility index (Phi) is 10.8. The van der Waals surface area contributed by atoms with Gasteiger partial charge in [-0.1, -0.05) is 39.8 Å². The molecule has 106 valence electrons. The second kappa shape index (κ2) is 11.3. The summed E-state index contributed by atoms with van der Waals surface area (Å²) in [6, 6.07) is 0. The maximum atomic E-state index is 11.3. The van der Waals surface area contributed by atoms with Crippen LogP contribution in [0, 0.1) is 11.8 Å². The largest absolute Gasteiger partial charge is 0.377 e. The van der Waals surface area contributed by atoms with Gasteiger partial charge in [-0.15, -0.1) is 0 Å². The van der Waals surface area contributed by atoms with Gasteiger partial charge in [0.2, 0.25) is 5.91 Å². The third-order valence-corrected chi connectivity index (χ3v) is 2.45. The number of ether oxygens (including phenoxy) is 1. The van der Waals surface area contributed by atoms with Crippen LogP contribution in [-0.4, -0.2) is 25.7 Å². The fourth-order valence-corrected chi connectivity index (χ4v) is 1.36. The first kappa shape index (κ1) is 17.2. The van der Waals surface area contributed by atoms with Crippen molar-refractivity contribution in [3.8, 4) is 0 Å². The van der Waals surface area contributed by atoms with Gasteiger partial charge in [-0.25, -0.2) is 0 Å². The van der Waals surface area contributed by atoms with Crippen LogP contribution in [0.15, 0.2) is 12.2 Å². The number of rotatable bonds is 10. The lowest BCUT2D eigenvalue weighted by Crippen LogP contribution is -2.28. The van der Waals surface area contributed by atoms with E-state index >= 15 is 0 Å². The minimum absolute atomic E-state index is 0.0861. The van der Waals surface area contributed by atoms with Crippen LogP contribution in [0.1, 0.15) is 47.0 Å². The fourth-order valence-electron chi connectivity index (χ4n) is 1.36. The lowest BCUT2D eigenvalue weighted by molar-refractivity contribution is -0.123. The van der Waals surface area contributed by atoms with Crippen molar-refractivity contribution in [2.75, 3.05) is 19.8 Å². The molecule has 0 aromatic carbocycles. The summed E-state index contributed by atoms with van der Waals surface area (Å²) in [6.07, 6.45) is 7.44. The number of hydrogen-bond donors (Lipinski definition) is 1. The zero-order valence-electron chi connectivity index (χ0n) is 12.4. The first-order valence-electron chi connectivity index (χ1n) is 7.04. The number of carbonyl (C=O) groups is 1. The third-order valence-electron chi connectivity index (χ3n) is 2.45. The average Bonchev–Trinajstić information content (AvgIpc) is 2.30. The number of allylic oxidation sites excluding steroid dienone is 1. The van der Waals surface area contributed by atoms with Gasteiger partial charge in [-0.2, -0.15) is 0 Å². The van der Waals surface area contributed by atoms with E-state index in [1.54, 1.807) is 0 Å². The van der Waals surface area contributed by atoms with Crippen LogP contribution in [0.3, 0.4) is 0 Å². The predicted molar refractivity (Wildman–Crippen MR) is 76.5 cm³/mol. The van der Waals surface area contributed by atoms with Gasteiger partial charge in [0.05, 0.1) is 6.61 Å². The van der Waals surface area contributed by atoms with Crippen LogP contribution in [0.2, 0.25) is 0 Å². The average molecular weight is 255 g/mol. The molecule has 0 aromatic rings. The number of carbonyl (C=O) groups excluding carboxylic acids is 1. The van der Waals surface area contributed by atoms with Gasteiger partial charge in [0.1, 0.15) is 0 Å². The molecule has 0 saturated carbocycles. The first-order chi connectivity index (χ1) is 8.54. The summed E-state index contributed by atoms with van der Waals surface area (Å²) in [6.45, 7) is 10.4. The van der Waals surface area contributed by atoms with Crippen molar-refractivity contribution in [2.24, 2.45) is 11.8 Å². The molecule has 0 aliphatic carbocycles. The topological polar surface area (TPSA) is 38.3 Å². The molecule has 1 N–H and O–H groups in total. The van der Waals surface area contributed by atoms with Crippen molar-refractivity contribution < 1.29 is 9.53 Å². The highest BCUT2D eigenvalue weighted by molar-refractivity contribution is 5.77. The molecule has 0 fully saturated rings. The van der Waals surface area contributed by atoms with E-state index in [4.69, 9.17) is 4.74 Å². The summed E-state index contributed by atoms with van der Waals surface area (Å²) in [5.74, 6) is 0.832. The molecule has 0 aliphatic rings. The Morgan fingerprint density at radius 1 is 1.17 bits per heavy atom. The Hall–Kier alpha value is -0.830. The van der Waals surface area contributed by atoms with Crippen molar-refractivity contribution in [1.29, 1.82) is 0 Å². The SMILES string of the molecule is CC(C)COCC=CCCCCNC(=O)C(C)C. The van der Waals surface area contributed by atoms with Crippen molar-refractivity contribution in [2.45, 2.75) is 47.0 Å². The summed E-state index contributed by atoms with van der Waals surface area (Å²) in [4.78, 5) is 11.3. The standard InChI is InChI=1S/C15H29NO2/c1-13(2)12-18-11-9-7-5-6-8-10-16-15(17)14(3)4/h7,9,13-14H,5-6,8,10-12H2,1-4H3,(H,16,17). The molecule has 0 radical (unpaired) electrons. The Bertz CT molecular complexity index is 235. The lowest BCUT2D eigenvalue weighted by atomic mass is 10.2. The molecule has 0 unspecified atom stereocenters. The minimum atomic E-state index is 0.0861. The van der Waals surface area contributed by atoms with Crippen LogP contribution in [0.5, 0.6) is 0 Å². The van der Waals surface area contributed by atoms with Gasteiger partial charge >= 0.3 is 0 Å². The molecule has 3 nitrogen and oxygen atoms in total.